The molecule has 1 aliphatic heterocycles. The molecule has 1 amide bonds. The van der Waals surface area contributed by atoms with Gasteiger partial charge in [-0.15, -0.1) is 0 Å². The summed E-state index contributed by atoms with van der Waals surface area (Å²) in [6, 6.07) is 1.70. The number of amides is 1. The Kier molecular flexibility index (Phi) is 6.00. The van der Waals surface area contributed by atoms with Crippen molar-refractivity contribution in [3.05, 3.63) is 23.5 Å². The molecule has 0 unspecified atom stereocenters. The molecule has 1 aliphatic rings. The zero-order chi connectivity index (χ0) is 15.9. The number of likely N-dealkylation sites (tertiary alicyclic amines) is 1. The van der Waals surface area contributed by atoms with Gasteiger partial charge in [-0.1, -0.05) is 11.6 Å². The van der Waals surface area contributed by atoms with Crippen LogP contribution in [-0.4, -0.2) is 47.6 Å². The molecule has 2 rings (SSSR count). The Morgan fingerprint density at radius 3 is 3.00 bits per heavy atom. The van der Waals surface area contributed by atoms with Gasteiger partial charge in [0.2, 0.25) is 5.91 Å². The zero-order valence-electron chi connectivity index (χ0n) is 12.5. The number of aromatic nitrogens is 1. The van der Waals surface area contributed by atoms with Crippen molar-refractivity contribution in [2.75, 3.05) is 19.7 Å². The van der Waals surface area contributed by atoms with Crippen molar-refractivity contribution < 1.29 is 19.1 Å². The normalized spacial score (nSPS) is 17.4. The fraction of sp³-hybridized carbons (Fsp3) is 0.533. The summed E-state index contributed by atoms with van der Waals surface area (Å²) in [6.45, 7) is 3.20. The van der Waals surface area contributed by atoms with Gasteiger partial charge < -0.3 is 14.4 Å². The van der Waals surface area contributed by atoms with Crippen molar-refractivity contribution in [2.45, 2.75) is 32.3 Å². The number of carbonyl (C=O) groups excluding carboxylic acids is 2. The molecule has 0 aliphatic carbocycles. The number of halogens is 1. The van der Waals surface area contributed by atoms with E-state index in [4.69, 9.17) is 21.1 Å². The van der Waals surface area contributed by atoms with Gasteiger partial charge in [0.1, 0.15) is 16.9 Å². The van der Waals surface area contributed by atoms with Gasteiger partial charge in [-0.05, 0) is 6.92 Å². The van der Waals surface area contributed by atoms with Crippen LogP contribution in [0.1, 0.15) is 26.2 Å². The number of hydrogen-bond acceptors (Lipinski definition) is 5. The molecule has 1 fully saturated rings. The van der Waals surface area contributed by atoms with Gasteiger partial charge in [0.15, 0.2) is 0 Å². The molecule has 2 heterocycles. The van der Waals surface area contributed by atoms with E-state index in [0.29, 0.717) is 30.5 Å². The molecule has 1 aromatic rings. The first-order valence-electron chi connectivity index (χ1n) is 7.29. The number of carbonyl (C=O) groups is 2. The van der Waals surface area contributed by atoms with E-state index in [1.54, 1.807) is 24.1 Å². The summed E-state index contributed by atoms with van der Waals surface area (Å²) in [4.78, 5) is 28.9. The van der Waals surface area contributed by atoms with Crippen molar-refractivity contribution >= 4 is 23.5 Å². The summed E-state index contributed by atoms with van der Waals surface area (Å²) in [7, 11) is 0. The first-order chi connectivity index (χ1) is 10.6. The Morgan fingerprint density at radius 1 is 1.45 bits per heavy atom. The monoisotopic (exact) mass is 326 g/mol. The van der Waals surface area contributed by atoms with E-state index in [-0.39, 0.29) is 30.8 Å². The number of pyridine rings is 1. The Balaban J connectivity index is 1.78. The summed E-state index contributed by atoms with van der Waals surface area (Å²) in [6.07, 6.45) is 4.06. The highest BCUT2D eigenvalue weighted by Gasteiger charge is 2.28. The Bertz CT molecular complexity index is 538. The van der Waals surface area contributed by atoms with Gasteiger partial charge in [-0.3, -0.25) is 14.6 Å². The maximum Gasteiger partial charge on any atom is 0.306 e. The second kappa shape index (κ2) is 7.98. The van der Waals surface area contributed by atoms with E-state index in [1.165, 1.54) is 6.20 Å². The lowest BCUT2D eigenvalue weighted by Gasteiger charge is -2.17. The van der Waals surface area contributed by atoms with Gasteiger partial charge in [-0.2, -0.15) is 0 Å². The predicted octanol–water partition coefficient (Wildman–Crippen LogP) is 2.06. The molecule has 22 heavy (non-hydrogen) atoms. The quantitative estimate of drug-likeness (QED) is 0.748. The molecule has 0 spiro atoms. The second-order valence-electron chi connectivity index (χ2n) is 4.98. The van der Waals surface area contributed by atoms with Crippen molar-refractivity contribution in [3.8, 4) is 5.75 Å². The molecular formula is C15H19ClN2O4. The van der Waals surface area contributed by atoms with Crippen LogP contribution in [0, 0.1) is 0 Å². The van der Waals surface area contributed by atoms with Crippen LogP contribution in [0.5, 0.6) is 5.75 Å². The minimum absolute atomic E-state index is 0.0556. The fourth-order valence-electron chi connectivity index (χ4n) is 2.29. The van der Waals surface area contributed by atoms with Crippen LogP contribution in [0.4, 0.5) is 0 Å². The van der Waals surface area contributed by atoms with Crippen molar-refractivity contribution in [1.29, 1.82) is 0 Å². The third kappa shape index (κ3) is 4.59. The summed E-state index contributed by atoms with van der Waals surface area (Å²) in [5.74, 6) is 0.175. The molecule has 120 valence electrons. The minimum Gasteiger partial charge on any atom is -0.487 e. The highest BCUT2D eigenvalue weighted by Crippen LogP contribution is 2.25. The summed E-state index contributed by atoms with van der Waals surface area (Å²) in [5, 5.41) is 0.453. The molecule has 1 saturated heterocycles. The van der Waals surface area contributed by atoms with Crippen molar-refractivity contribution in [3.63, 3.8) is 0 Å². The molecule has 1 aromatic heterocycles. The first-order valence-corrected chi connectivity index (χ1v) is 7.67. The first kappa shape index (κ1) is 16.5. The smallest absolute Gasteiger partial charge is 0.306 e. The molecule has 0 aromatic carbocycles. The van der Waals surface area contributed by atoms with E-state index < -0.39 is 0 Å². The van der Waals surface area contributed by atoms with Gasteiger partial charge >= 0.3 is 5.97 Å². The molecule has 0 radical (unpaired) electrons. The standard InChI is InChI=1S/C15H19ClN2O4/c1-2-21-15(20)4-3-14(19)18-8-6-11(10-18)22-13-5-7-17-9-12(13)16/h5,7,9,11H,2-4,6,8,10H2,1H3/t11-/m1/s1. The summed E-state index contributed by atoms with van der Waals surface area (Å²) < 4.78 is 10.6. The lowest BCUT2D eigenvalue weighted by Crippen LogP contribution is -2.31. The number of ether oxygens (including phenoxy) is 2. The third-order valence-corrected chi connectivity index (χ3v) is 3.66. The van der Waals surface area contributed by atoms with Crippen molar-refractivity contribution in [1.82, 2.24) is 9.88 Å². The lowest BCUT2D eigenvalue weighted by atomic mass is 10.3. The van der Waals surface area contributed by atoms with Crippen LogP contribution in [0.3, 0.4) is 0 Å². The average Bonchev–Trinajstić information content (AvgIpc) is 2.96. The van der Waals surface area contributed by atoms with Crippen LogP contribution >= 0.6 is 11.6 Å². The van der Waals surface area contributed by atoms with Gasteiger partial charge in [0.05, 0.1) is 19.6 Å². The van der Waals surface area contributed by atoms with Gasteiger partial charge in [-0.25, -0.2) is 0 Å². The molecule has 0 saturated carbocycles. The van der Waals surface area contributed by atoms with Crippen LogP contribution in [0.15, 0.2) is 18.5 Å². The van der Waals surface area contributed by atoms with E-state index in [2.05, 4.69) is 4.98 Å². The minimum atomic E-state index is -0.341. The third-order valence-electron chi connectivity index (χ3n) is 3.37. The van der Waals surface area contributed by atoms with E-state index in [0.717, 1.165) is 6.42 Å². The SMILES string of the molecule is CCOC(=O)CCC(=O)N1CC[C@@H](Oc2ccncc2Cl)C1. The Labute approximate surface area is 134 Å². The van der Waals surface area contributed by atoms with Crippen molar-refractivity contribution in [2.24, 2.45) is 0 Å². The Morgan fingerprint density at radius 2 is 2.27 bits per heavy atom. The fourth-order valence-corrected chi connectivity index (χ4v) is 2.45. The highest BCUT2D eigenvalue weighted by atomic mass is 35.5. The molecule has 0 N–H and O–H groups in total. The number of nitrogens with zero attached hydrogens (tertiary/aromatic N) is 2. The number of rotatable bonds is 6. The summed E-state index contributed by atoms with van der Waals surface area (Å²) >= 11 is 6.00. The number of hydrogen-bond donors (Lipinski definition) is 0. The van der Waals surface area contributed by atoms with E-state index >= 15 is 0 Å². The van der Waals surface area contributed by atoms with E-state index in [9.17, 15) is 9.59 Å². The van der Waals surface area contributed by atoms with E-state index in [1.807, 2.05) is 0 Å². The second-order valence-corrected chi connectivity index (χ2v) is 5.39. The predicted molar refractivity (Wildman–Crippen MR) is 80.7 cm³/mol. The molecule has 0 bridgehead atoms. The number of esters is 1. The Hall–Kier alpha value is -1.82. The molecular weight excluding hydrogens is 308 g/mol. The van der Waals surface area contributed by atoms with Gasteiger partial charge in [0, 0.05) is 37.8 Å². The lowest BCUT2D eigenvalue weighted by molar-refractivity contribution is -0.145. The van der Waals surface area contributed by atoms with Crippen LogP contribution < -0.4 is 4.74 Å². The molecule has 6 nitrogen and oxygen atoms in total. The molecule has 1 atom stereocenters. The van der Waals surface area contributed by atoms with Crippen LogP contribution in [0.2, 0.25) is 5.02 Å². The van der Waals surface area contributed by atoms with Crippen LogP contribution in [0.25, 0.3) is 0 Å². The molecule has 7 heteroatoms. The average molecular weight is 327 g/mol. The topological polar surface area (TPSA) is 68.7 Å². The summed E-state index contributed by atoms with van der Waals surface area (Å²) in [5.41, 5.74) is 0. The zero-order valence-corrected chi connectivity index (χ0v) is 13.2. The largest absolute Gasteiger partial charge is 0.487 e. The maximum absolute atomic E-state index is 12.0. The van der Waals surface area contributed by atoms with Crippen LogP contribution in [-0.2, 0) is 14.3 Å². The highest BCUT2D eigenvalue weighted by molar-refractivity contribution is 6.31. The van der Waals surface area contributed by atoms with Gasteiger partial charge in [0.25, 0.3) is 0 Å². The maximum atomic E-state index is 12.0.